The molecule has 0 spiro atoms. The minimum Gasteiger partial charge on any atom is -0.319 e. The van der Waals surface area contributed by atoms with Gasteiger partial charge in [-0.05, 0) is 12.0 Å². The number of rotatable bonds is 1. The van der Waals surface area contributed by atoms with Crippen LogP contribution in [0, 0.1) is 6.20 Å². The summed E-state index contributed by atoms with van der Waals surface area (Å²) in [6, 6.07) is 0. The molecule has 0 bridgehead atoms. The number of hydrogen-bond donors (Lipinski definition) is 2. The zero-order chi connectivity index (χ0) is 5.11. The van der Waals surface area contributed by atoms with Crippen molar-refractivity contribution in [2.24, 2.45) is 0 Å². The summed E-state index contributed by atoms with van der Waals surface area (Å²) in [5, 5.41) is 0. The van der Waals surface area contributed by atoms with Crippen LogP contribution in [0.25, 0.3) is 0 Å². The largest absolute Gasteiger partial charge is 0.319 e. The molecule has 0 unspecified atom stereocenters. The first-order valence-corrected chi connectivity index (χ1v) is 2.52. The Morgan fingerprint density at radius 3 is 3.00 bits per heavy atom. The van der Waals surface area contributed by atoms with Gasteiger partial charge in [-0.25, -0.2) is 5.43 Å². The Kier molecular flexibility index (Phi) is 1.32. The maximum atomic E-state index is 2.96. The summed E-state index contributed by atoms with van der Waals surface area (Å²) in [7, 11) is 0. The van der Waals surface area contributed by atoms with Gasteiger partial charge in [0.2, 0.25) is 0 Å². The highest BCUT2D eigenvalue weighted by Gasteiger charge is 1.97. The molecule has 1 heterocycles. The van der Waals surface area contributed by atoms with E-state index >= 15 is 0 Å². The highest BCUT2D eigenvalue weighted by atomic mass is 15.4. The van der Waals surface area contributed by atoms with E-state index in [1.54, 1.807) is 0 Å². The van der Waals surface area contributed by atoms with Crippen LogP contribution in [0.5, 0.6) is 0 Å². The lowest BCUT2D eigenvalue weighted by Gasteiger charge is -1.88. The molecule has 39 valence electrons. The molecule has 7 heavy (non-hydrogen) atoms. The molecule has 0 amide bonds. The fourth-order valence-electron chi connectivity index (χ4n) is 0.541. The SMILES string of the molecule is CCC1=[C]NNC1. The molecule has 0 atom stereocenters. The first-order valence-electron chi connectivity index (χ1n) is 2.52. The molecule has 0 aromatic rings. The fraction of sp³-hybridized carbons (Fsp3) is 0.600. The van der Waals surface area contributed by atoms with E-state index in [0.717, 1.165) is 13.0 Å². The van der Waals surface area contributed by atoms with Crippen LogP contribution in [-0.4, -0.2) is 6.54 Å². The summed E-state index contributed by atoms with van der Waals surface area (Å²) in [4.78, 5) is 0. The van der Waals surface area contributed by atoms with Gasteiger partial charge in [-0.15, -0.1) is 0 Å². The van der Waals surface area contributed by atoms with Gasteiger partial charge in [-0.2, -0.15) is 0 Å². The number of nitrogens with one attached hydrogen (secondary N) is 2. The second-order valence-electron chi connectivity index (χ2n) is 1.56. The van der Waals surface area contributed by atoms with Crippen LogP contribution < -0.4 is 10.9 Å². The zero-order valence-corrected chi connectivity index (χ0v) is 4.41. The Hall–Kier alpha value is -0.500. The van der Waals surface area contributed by atoms with Crippen LogP contribution in [0.2, 0.25) is 0 Å². The molecular formula is C5H9N2. The molecule has 0 fully saturated rings. The van der Waals surface area contributed by atoms with Crippen molar-refractivity contribution in [3.05, 3.63) is 11.8 Å². The number of hydrogen-bond acceptors (Lipinski definition) is 2. The number of hydrazine groups is 1. The van der Waals surface area contributed by atoms with Crippen LogP contribution in [0.1, 0.15) is 13.3 Å². The van der Waals surface area contributed by atoms with Gasteiger partial charge >= 0.3 is 0 Å². The van der Waals surface area contributed by atoms with E-state index in [0.29, 0.717) is 0 Å². The average Bonchev–Trinajstić information content (AvgIpc) is 2.14. The molecule has 1 rings (SSSR count). The van der Waals surface area contributed by atoms with Crippen molar-refractivity contribution in [2.45, 2.75) is 13.3 Å². The summed E-state index contributed by atoms with van der Waals surface area (Å²) in [5.74, 6) is 0. The van der Waals surface area contributed by atoms with E-state index in [1.165, 1.54) is 5.57 Å². The van der Waals surface area contributed by atoms with Gasteiger partial charge < -0.3 is 5.43 Å². The maximum absolute atomic E-state index is 2.96. The lowest BCUT2D eigenvalue weighted by Crippen LogP contribution is -2.20. The van der Waals surface area contributed by atoms with E-state index in [1.807, 2.05) is 0 Å². The van der Waals surface area contributed by atoms with Crippen LogP contribution in [0.3, 0.4) is 0 Å². The van der Waals surface area contributed by atoms with Crippen LogP contribution in [0.15, 0.2) is 5.57 Å². The molecule has 0 aromatic heterocycles. The molecule has 0 aromatic carbocycles. The van der Waals surface area contributed by atoms with E-state index in [-0.39, 0.29) is 0 Å². The second kappa shape index (κ2) is 1.98. The Labute approximate surface area is 43.6 Å². The summed E-state index contributed by atoms with van der Waals surface area (Å²) >= 11 is 0. The van der Waals surface area contributed by atoms with Gasteiger partial charge in [0.1, 0.15) is 0 Å². The normalized spacial score (nSPS) is 18.7. The second-order valence-corrected chi connectivity index (χ2v) is 1.56. The highest BCUT2D eigenvalue weighted by Crippen LogP contribution is 1.97. The van der Waals surface area contributed by atoms with Gasteiger partial charge in [-0.1, -0.05) is 6.92 Å². The first kappa shape index (κ1) is 4.65. The van der Waals surface area contributed by atoms with Crippen LogP contribution in [-0.2, 0) is 0 Å². The third kappa shape index (κ3) is 0.933. The van der Waals surface area contributed by atoms with E-state index in [4.69, 9.17) is 0 Å². The minimum atomic E-state index is 0.955. The Morgan fingerprint density at radius 1 is 1.86 bits per heavy atom. The third-order valence-corrected chi connectivity index (χ3v) is 1.06. The molecule has 0 aliphatic carbocycles. The lowest BCUT2D eigenvalue weighted by molar-refractivity contribution is 0.708. The predicted octanol–water partition coefficient (Wildman–Crippen LogP) is 0.191. The van der Waals surface area contributed by atoms with Crippen molar-refractivity contribution in [3.8, 4) is 0 Å². The smallest absolute Gasteiger partial charge is 0.0739 e. The lowest BCUT2D eigenvalue weighted by atomic mass is 10.2. The maximum Gasteiger partial charge on any atom is 0.0739 e. The Balaban J connectivity index is 2.36. The quantitative estimate of drug-likeness (QED) is 0.488. The molecule has 0 saturated carbocycles. The van der Waals surface area contributed by atoms with E-state index in [9.17, 15) is 0 Å². The van der Waals surface area contributed by atoms with Gasteiger partial charge in [-0.3, -0.25) is 0 Å². The van der Waals surface area contributed by atoms with Gasteiger partial charge in [0.15, 0.2) is 0 Å². The van der Waals surface area contributed by atoms with Crippen molar-refractivity contribution in [2.75, 3.05) is 6.54 Å². The Bertz CT molecular complexity index is 86.1. The standard InChI is InChI=1S/C5H9N2/c1-2-5-3-6-7-4-5/h6-7H,2-3H2,1H3. The zero-order valence-electron chi connectivity index (χ0n) is 4.41. The van der Waals surface area contributed by atoms with Gasteiger partial charge in [0, 0.05) is 6.54 Å². The molecule has 1 aliphatic heterocycles. The summed E-state index contributed by atoms with van der Waals surface area (Å²) in [6.45, 7) is 3.08. The molecule has 1 aliphatic rings. The van der Waals surface area contributed by atoms with Crippen molar-refractivity contribution >= 4 is 0 Å². The Morgan fingerprint density at radius 2 is 2.71 bits per heavy atom. The molecule has 1 radical (unpaired) electrons. The topological polar surface area (TPSA) is 24.1 Å². The van der Waals surface area contributed by atoms with Crippen molar-refractivity contribution in [1.29, 1.82) is 0 Å². The van der Waals surface area contributed by atoms with E-state index in [2.05, 4.69) is 24.0 Å². The monoisotopic (exact) mass is 97.1 g/mol. The van der Waals surface area contributed by atoms with Crippen LogP contribution in [0.4, 0.5) is 0 Å². The molecule has 2 N–H and O–H groups in total. The molecule has 0 saturated heterocycles. The summed E-state index contributed by atoms with van der Waals surface area (Å²) in [6.07, 6.45) is 4.06. The van der Waals surface area contributed by atoms with Gasteiger partial charge in [0.25, 0.3) is 0 Å². The predicted molar refractivity (Wildman–Crippen MR) is 28.2 cm³/mol. The fourth-order valence-corrected chi connectivity index (χ4v) is 0.541. The average molecular weight is 97.1 g/mol. The molecular weight excluding hydrogens is 88.1 g/mol. The van der Waals surface area contributed by atoms with Crippen molar-refractivity contribution in [1.82, 2.24) is 10.9 Å². The minimum absolute atomic E-state index is 0.955. The van der Waals surface area contributed by atoms with Crippen molar-refractivity contribution < 1.29 is 0 Å². The molecule has 2 heteroatoms. The first-order chi connectivity index (χ1) is 3.43. The highest BCUT2D eigenvalue weighted by molar-refractivity contribution is 5.00. The summed E-state index contributed by atoms with van der Waals surface area (Å²) < 4.78 is 0. The van der Waals surface area contributed by atoms with Gasteiger partial charge in [0.05, 0.1) is 6.20 Å². The van der Waals surface area contributed by atoms with Crippen molar-refractivity contribution in [3.63, 3.8) is 0 Å². The summed E-state index contributed by atoms with van der Waals surface area (Å²) in [5.41, 5.74) is 7.03. The van der Waals surface area contributed by atoms with Crippen LogP contribution >= 0.6 is 0 Å². The third-order valence-electron chi connectivity index (χ3n) is 1.06. The molecule has 2 nitrogen and oxygen atoms in total. The van der Waals surface area contributed by atoms with E-state index < -0.39 is 0 Å².